The molecule has 1 unspecified atom stereocenters. The maximum atomic E-state index is 11.6. The lowest BCUT2D eigenvalue weighted by Crippen LogP contribution is -2.25. The van der Waals surface area contributed by atoms with Crippen LogP contribution in [-0.2, 0) is 11.2 Å². The van der Waals surface area contributed by atoms with Crippen LogP contribution in [0.3, 0.4) is 0 Å². The maximum absolute atomic E-state index is 11.6. The quantitative estimate of drug-likeness (QED) is 0.876. The van der Waals surface area contributed by atoms with Crippen LogP contribution in [0, 0.1) is 0 Å². The van der Waals surface area contributed by atoms with Crippen LogP contribution in [0.4, 0.5) is 5.69 Å². The fourth-order valence-electron chi connectivity index (χ4n) is 3.43. The lowest BCUT2D eigenvalue weighted by molar-refractivity contribution is -0.121. The summed E-state index contributed by atoms with van der Waals surface area (Å²) in [5, 5.41) is 6.53. The van der Waals surface area contributed by atoms with E-state index in [1.54, 1.807) is 0 Å². The van der Waals surface area contributed by atoms with Crippen molar-refractivity contribution in [1.82, 2.24) is 5.32 Å². The Labute approximate surface area is 126 Å². The minimum absolute atomic E-state index is 0.173. The third-order valence-corrected chi connectivity index (χ3v) is 4.42. The van der Waals surface area contributed by atoms with Gasteiger partial charge in [0.25, 0.3) is 0 Å². The highest BCUT2D eigenvalue weighted by atomic mass is 16.5. The molecule has 0 aromatic heterocycles. The number of anilines is 1. The van der Waals surface area contributed by atoms with E-state index < -0.39 is 0 Å². The third-order valence-electron chi connectivity index (χ3n) is 4.42. The molecule has 0 fully saturated rings. The summed E-state index contributed by atoms with van der Waals surface area (Å²) in [5.74, 6) is 1.69. The summed E-state index contributed by atoms with van der Waals surface area (Å²) in [6.45, 7) is 4.42. The molecule has 2 N–H and O–H groups in total. The standard InChI is InChI=1S/C17H24N2O2/c1-2-3-15(20)18-9-8-13-5-4-12-6-7-14-17(16(12)13)19-10-11-21-14/h6-7,13,19H,2-5,8-11H2,1H3,(H,18,20). The Balaban J connectivity index is 1.67. The van der Waals surface area contributed by atoms with Gasteiger partial charge in [0, 0.05) is 19.5 Å². The molecule has 114 valence electrons. The minimum Gasteiger partial charge on any atom is -0.490 e. The molecule has 1 aliphatic carbocycles. The van der Waals surface area contributed by atoms with Gasteiger partial charge in [-0.2, -0.15) is 0 Å². The summed E-state index contributed by atoms with van der Waals surface area (Å²) in [5.41, 5.74) is 4.06. The van der Waals surface area contributed by atoms with Crippen LogP contribution >= 0.6 is 0 Å². The van der Waals surface area contributed by atoms with Crippen LogP contribution in [0.5, 0.6) is 5.75 Å². The van der Waals surface area contributed by atoms with Gasteiger partial charge in [-0.25, -0.2) is 0 Å². The van der Waals surface area contributed by atoms with Crippen LogP contribution in [-0.4, -0.2) is 25.6 Å². The summed E-state index contributed by atoms with van der Waals surface area (Å²) in [6, 6.07) is 4.29. The van der Waals surface area contributed by atoms with Gasteiger partial charge in [0.1, 0.15) is 12.4 Å². The number of aryl methyl sites for hydroxylation is 1. The van der Waals surface area contributed by atoms with Crippen molar-refractivity contribution in [3.63, 3.8) is 0 Å². The van der Waals surface area contributed by atoms with E-state index in [-0.39, 0.29) is 5.91 Å². The van der Waals surface area contributed by atoms with Crippen molar-refractivity contribution in [2.24, 2.45) is 0 Å². The largest absolute Gasteiger partial charge is 0.490 e. The van der Waals surface area contributed by atoms with Gasteiger partial charge in [0.15, 0.2) is 0 Å². The first kappa shape index (κ1) is 14.2. The van der Waals surface area contributed by atoms with Gasteiger partial charge in [-0.1, -0.05) is 13.0 Å². The van der Waals surface area contributed by atoms with E-state index in [0.29, 0.717) is 12.3 Å². The van der Waals surface area contributed by atoms with Crippen LogP contribution < -0.4 is 15.4 Å². The van der Waals surface area contributed by atoms with E-state index in [1.165, 1.54) is 23.2 Å². The van der Waals surface area contributed by atoms with Gasteiger partial charge >= 0.3 is 0 Å². The van der Waals surface area contributed by atoms with Crippen molar-refractivity contribution >= 4 is 11.6 Å². The topological polar surface area (TPSA) is 50.4 Å². The third kappa shape index (κ3) is 2.99. The highest BCUT2D eigenvalue weighted by Gasteiger charge is 2.28. The normalized spacial score (nSPS) is 19.2. The second-order valence-corrected chi connectivity index (χ2v) is 5.91. The van der Waals surface area contributed by atoms with Gasteiger partial charge in [-0.05, 0) is 48.8 Å². The monoisotopic (exact) mass is 288 g/mol. The minimum atomic E-state index is 0.173. The number of nitrogens with one attached hydrogen (secondary N) is 2. The first-order valence-electron chi connectivity index (χ1n) is 8.08. The van der Waals surface area contributed by atoms with Crippen molar-refractivity contribution in [3.8, 4) is 5.75 Å². The van der Waals surface area contributed by atoms with Gasteiger partial charge in [-0.15, -0.1) is 0 Å². The van der Waals surface area contributed by atoms with Gasteiger partial charge < -0.3 is 15.4 Å². The van der Waals surface area contributed by atoms with Crippen LogP contribution in [0.1, 0.15) is 49.7 Å². The molecule has 21 heavy (non-hydrogen) atoms. The molecule has 3 rings (SSSR count). The molecule has 0 radical (unpaired) electrons. The van der Waals surface area contributed by atoms with Crippen LogP contribution in [0.15, 0.2) is 12.1 Å². The number of hydrogen-bond acceptors (Lipinski definition) is 3. The molecular weight excluding hydrogens is 264 g/mol. The van der Waals surface area contributed by atoms with E-state index in [1.807, 2.05) is 6.92 Å². The summed E-state index contributed by atoms with van der Waals surface area (Å²) < 4.78 is 5.74. The first-order valence-corrected chi connectivity index (χ1v) is 8.08. The lowest BCUT2D eigenvalue weighted by atomic mass is 9.95. The highest BCUT2D eigenvalue weighted by Crippen LogP contribution is 2.45. The van der Waals surface area contributed by atoms with E-state index in [0.717, 1.165) is 44.7 Å². The average Bonchev–Trinajstić information content (AvgIpc) is 2.91. The molecule has 1 atom stereocenters. The van der Waals surface area contributed by atoms with Crippen molar-refractivity contribution in [3.05, 3.63) is 23.3 Å². The van der Waals surface area contributed by atoms with Crippen molar-refractivity contribution in [2.75, 3.05) is 25.0 Å². The number of benzene rings is 1. The predicted molar refractivity (Wildman–Crippen MR) is 84.0 cm³/mol. The number of amides is 1. The Morgan fingerprint density at radius 2 is 2.38 bits per heavy atom. The number of rotatable bonds is 5. The second-order valence-electron chi connectivity index (χ2n) is 5.91. The molecule has 1 amide bonds. The van der Waals surface area contributed by atoms with E-state index in [9.17, 15) is 4.79 Å². The Morgan fingerprint density at radius 3 is 3.24 bits per heavy atom. The number of ether oxygens (including phenoxy) is 1. The van der Waals surface area contributed by atoms with Gasteiger partial charge in [-0.3, -0.25) is 4.79 Å². The average molecular weight is 288 g/mol. The first-order chi connectivity index (χ1) is 10.3. The smallest absolute Gasteiger partial charge is 0.219 e. The number of fused-ring (bicyclic) bond motifs is 3. The Hall–Kier alpha value is -1.71. The predicted octanol–water partition coefficient (Wildman–Crippen LogP) is 2.83. The fraction of sp³-hybridized carbons (Fsp3) is 0.588. The van der Waals surface area contributed by atoms with Crippen molar-refractivity contribution in [2.45, 2.75) is 44.9 Å². The lowest BCUT2D eigenvalue weighted by Gasteiger charge is -2.24. The summed E-state index contributed by atoms with van der Waals surface area (Å²) >= 11 is 0. The van der Waals surface area contributed by atoms with Crippen LogP contribution in [0.25, 0.3) is 0 Å². The maximum Gasteiger partial charge on any atom is 0.219 e. The number of hydrogen-bond donors (Lipinski definition) is 2. The molecule has 4 nitrogen and oxygen atoms in total. The summed E-state index contributed by atoms with van der Waals surface area (Å²) in [6.07, 6.45) is 4.87. The Kier molecular flexibility index (Phi) is 4.32. The van der Waals surface area contributed by atoms with E-state index in [4.69, 9.17) is 4.74 Å². The van der Waals surface area contributed by atoms with Gasteiger partial charge in [0.05, 0.1) is 5.69 Å². The Bertz CT molecular complexity index is 528. The van der Waals surface area contributed by atoms with Crippen molar-refractivity contribution < 1.29 is 9.53 Å². The molecular formula is C17H24N2O2. The van der Waals surface area contributed by atoms with Gasteiger partial charge in [0.2, 0.25) is 5.91 Å². The Morgan fingerprint density at radius 1 is 1.48 bits per heavy atom. The summed E-state index contributed by atoms with van der Waals surface area (Å²) in [4.78, 5) is 11.6. The molecule has 2 aliphatic rings. The number of carbonyl (C=O) groups excluding carboxylic acids is 1. The fourth-order valence-corrected chi connectivity index (χ4v) is 3.43. The molecule has 1 heterocycles. The molecule has 1 aliphatic heterocycles. The molecule has 0 saturated carbocycles. The van der Waals surface area contributed by atoms with E-state index >= 15 is 0 Å². The zero-order valence-electron chi connectivity index (χ0n) is 12.7. The molecule has 1 aromatic rings. The molecule has 1 aromatic carbocycles. The zero-order valence-corrected chi connectivity index (χ0v) is 12.7. The van der Waals surface area contributed by atoms with Crippen molar-refractivity contribution in [1.29, 1.82) is 0 Å². The molecule has 0 bridgehead atoms. The number of carbonyl (C=O) groups is 1. The second kappa shape index (κ2) is 6.37. The SMILES string of the molecule is CCCC(=O)NCCC1CCc2ccc3c(c21)NCCO3. The summed E-state index contributed by atoms with van der Waals surface area (Å²) in [7, 11) is 0. The molecule has 0 spiro atoms. The molecule has 4 heteroatoms. The zero-order chi connectivity index (χ0) is 14.7. The highest BCUT2D eigenvalue weighted by molar-refractivity contribution is 5.75. The van der Waals surface area contributed by atoms with E-state index in [2.05, 4.69) is 22.8 Å². The molecule has 0 saturated heterocycles. The van der Waals surface area contributed by atoms with Crippen LogP contribution in [0.2, 0.25) is 0 Å².